The van der Waals surface area contributed by atoms with Crippen molar-refractivity contribution in [2.24, 2.45) is 0 Å². The normalized spacial score (nSPS) is 13.2. The van der Waals surface area contributed by atoms with Gasteiger partial charge in [-0.15, -0.1) is 11.3 Å². The van der Waals surface area contributed by atoms with Gasteiger partial charge < -0.3 is 5.32 Å². The molecule has 30 heavy (non-hydrogen) atoms. The van der Waals surface area contributed by atoms with Gasteiger partial charge in [0.1, 0.15) is 23.9 Å². The number of nitrogens with zero attached hydrogens (tertiary/aromatic N) is 3. The van der Waals surface area contributed by atoms with Crippen LogP contribution >= 0.6 is 11.3 Å². The number of benzene rings is 2. The van der Waals surface area contributed by atoms with Gasteiger partial charge in [-0.2, -0.15) is 0 Å². The minimum absolute atomic E-state index is 0.284. The first-order valence-corrected chi connectivity index (χ1v) is 9.87. The molecule has 0 aliphatic carbocycles. The van der Waals surface area contributed by atoms with Gasteiger partial charge in [0.2, 0.25) is 5.91 Å². The number of thiazole rings is 1. The van der Waals surface area contributed by atoms with Gasteiger partial charge in [0, 0.05) is 17.1 Å². The number of imidazole rings is 1. The Morgan fingerprint density at radius 2 is 1.70 bits per heavy atom. The number of aromatic nitrogens is 2. The molecule has 0 bridgehead atoms. The Morgan fingerprint density at radius 3 is 2.37 bits per heavy atom. The van der Waals surface area contributed by atoms with Gasteiger partial charge in [-0.05, 0) is 36.4 Å². The molecule has 0 fully saturated rings. The van der Waals surface area contributed by atoms with E-state index in [4.69, 9.17) is 0 Å². The summed E-state index contributed by atoms with van der Waals surface area (Å²) >= 11 is 1.38. The topological polar surface area (TPSA) is 83.8 Å². The number of hydrogen-bond donors (Lipinski definition) is 1. The fourth-order valence-corrected chi connectivity index (χ4v) is 4.13. The second-order valence-electron chi connectivity index (χ2n) is 6.66. The molecule has 4 aromatic rings. The van der Waals surface area contributed by atoms with E-state index in [1.807, 2.05) is 5.38 Å². The van der Waals surface area contributed by atoms with E-state index in [0.717, 1.165) is 4.90 Å². The third kappa shape index (κ3) is 2.87. The molecule has 9 heteroatoms. The zero-order valence-electron chi connectivity index (χ0n) is 15.3. The van der Waals surface area contributed by atoms with E-state index in [2.05, 4.69) is 10.3 Å². The second kappa shape index (κ2) is 6.89. The molecule has 0 saturated heterocycles. The molecule has 1 aliphatic rings. The largest absolute Gasteiger partial charge is 0.308 e. The number of nitrogens with one attached hydrogen (secondary N) is 1. The molecule has 3 amide bonds. The SMILES string of the molecule is O=C(CN1C(=O)c2ccccc2C1=O)Nc1c(-c2ccc(F)cc2)nc2sccn12. The Kier molecular flexibility index (Phi) is 4.18. The smallest absolute Gasteiger partial charge is 0.262 e. The van der Waals surface area contributed by atoms with Crippen molar-refractivity contribution in [3.05, 3.63) is 77.1 Å². The van der Waals surface area contributed by atoms with Crippen molar-refractivity contribution in [2.45, 2.75) is 0 Å². The molecule has 0 saturated carbocycles. The lowest BCUT2D eigenvalue weighted by Crippen LogP contribution is -2.37. The van der Waals surface area contributed by atoms with Crippen molar-refractivity contribution >= 4 is 39.8 Å². The molecular formula is C21H13FN4O3S. The first-order chi connectivity index (χ1) is 14.5. The molecule has 2 aromatic carbocycles. The Balaban J connectivity index is 1.44. The van der Waals surface area contributed by atoms with Crippen molar-refractivity contribution in [1.82, 2.24) is 14.3 Å². The van der Waals surface area contributed by atoms with Crippen LogP contribution in [0.15, 0.2) is 60.1 Å². The van der Waals surface area contributed by atoms with Crippen LogP contribution < -0.4 is 5.32 Å². The van der Waals surface area contributed by atoms with Crippen LogP contribution in [-0.2, 0) is 4.79 Å². The molecule has 2 aromatic heterocycles. The first kappa shape index (κ1) is 18.2. The summed E-state index contributed by atoms with van der Waals surface area (Å²) in [4.78, 5) is 43.9. The van der Waals surface area contributed by atoms with Crippen molar-refractivity contribution in [1.29, 1.82) is 0 Å². The number of imide groups is 1. The Morgan fingerprint density at radius 1 is 1.03 bits per heavy atom. The van der Waals surface area contributed by atoms with E-state index in [1.54, 1.807) is 47.0 Å². The number of carbonyl (C=O) groups is 3. The molecule has 5 rings (SSSR count). The lowest BCUT2D eigenvalue weighted by Gasteiger charge is -2.14. The summed E-state index contributed by atoms with van der Waals surface area (Å²) in [6.45, 7) is -0.424. The van der Waals surface area contributed by atoms with Crippen molar-refractivity contribution in [3.8, 4) is 11.3 Å². The van der Waals surface area contributed by atoms with Crippen LogP contribution in [0.5, 0.6) is 0 Å². The lowest BCUT2D eigenvalue weighted by atomic mass is 10.1. The first-order valence-electron chi connectivity index (χ1n) is 8.99. The molecule has 7 nitrogen and oxygen atoms in total. The minimum Gasteiger partial charge on any atom is -0.308 e. The predicted molar refractivity (Wildman–Crippen MR) is 109 cm³/mol. The fourth-order valence-electron chi connectivity index (χ4n) is 3.41. The summed E-state index contributed by atoms with van der Waals surface area (Å²) in [5.41, 5.74) is 1.67. The van der Waals surface area contributed by atoms with Gasteiger partial charge in [0.25, 0.3) is 11.8 Å². The third-order valence-electron chi connectivity index (χ3n) is 4.82. The average Bonchev–Trinajstić information content (AvgIpc) is 3.40. The zero-order valence-corrected chi connectivity index (χ0v) is 16.1. The number of fused-ring (bicyclic) bond motifs is 2. The van der Waals surface area contributed by atoms with Gasteiger partial charge in [0.15, 0.2) is 4.96 Å². The summed E-state index contributed by atoms with van der Waals surface area (Å²) in [6.07, 6.45) is 1.75. The number of carbonyl (C=O) groups excluding carboxylic acids is 3. The molecule has 0 unspecified atom stereocenters. The maximum absolute atomic E-state index is 13.3. The number of halogens is 1. The van der Waals surface area contributed by atoms with Crippen LogP contribution in [0.2, 0.25) is 0 Å². The molecule has 0 atom stereocenters. The molecule has 148 valence electrons. The Labute approximate surface area is 173 Å². The highest BCUT2D eigenvalue weighted by Gasteiger charge is 2.36. The summed E-state index contributed by atoms with van der Waals surface area (Å²) in [5, 5.41) is 4.57. The maximum Gasteiger partial charge on any atom is 0.262 e. The molecule has 3 heterocycles. The van der Waals surface area contributed by atoms with Crippen molar-refractivity contribution < 1.29 is 18.8 Å². The van der Waals surface area contributed by atoms with Crippen molar-refractivity contribution in [3.63, 3.8) is 0 Å². The van der Waals surface area contributed by atoms with Gasteiger partial charge in [0.05, 0.1) is 11.1 Å². The number of anilines is 1. The number of hydrogen-bond acceptors (Lipinski definition) is 5. The van der Waals surface area contributed by atoms with Gasteiger partial charge in [-0.25, -0.2) is 9.37 Å². The minimum atomic E-state index is -0.541. The quantitative estimate of drug-likeness (QED) is 0.513. The van der Waals surface area contributed by atoms with E-state index in [9.17, 15) is 18.8 Å². The van der Waals surface area contributed by atoms with E-state index < -0.39 is 24.3 Å². The van der Waals surface area contributed by atoms with Crippen LogP contribution in [-0.4, -0.2) is 38.6 Å². The van der Waals surface area contributed by atoms with Crippen LogP contribution in [0.25, 0.3) is 16.2 Å². The predicted octanol–water partition coefficient (Wildman–Crippen LogP) is 3.44. The van der Waals surface area contributed by atoms with Gasteiger partial charge >= 0.3 is 0 Å². The van der Waals surface area contributed by atoms with Crippen molar-refractivity contribution in [2.75, 3.05) is 11.9 Å². The van der Waals surface area contributed by atoms with Gasteiger partial charge in [-0.1, -0.05) is 12.1 Å². The summed E-state index contributed by atoms with van der Waals surface area (Å²) in [7, 11) is 0. The van der Waals surface area contributed by atoms with Crippen LogP contribution in [0, 0.1) is 5.82 Å². The van der Waals surface area contributed by atoms with E-state index in [1.165, 1.54) is 23.5 Å². The Hall–Kier alpha value is -3.85. The maximum atomic E-state index is 13.3. The summed E-state index contributed by atoms with van der Waals surface area (Å²) < 4.78 is 15.0. The van der Waals surface area contributed by atoms with E-state index >= 15 is 0 Å². The highest BCUT2D eigenvalue weighted by Crippen LogP contribution is 2.31. The number of amides is 3. The van der Waals surface area contributed by atoms with Gasteiger partial charge in [-0.3, -0.25) is 23.7 Å². The molecular weight excluding hydrogens is 407 g/mol. The fraction of sp³-hybridized carbons (Fsp3) is 0.0476. The monoisotopic (exact) mass is 420 g/mol. The van der Waals surface area contributed by atoms with Crippen LogP contribution in [0.1, 0.15) is 20.7 Å². The lowest BCUT2D eigenvalue weighted by molar-refractivity contribution is -0.116. The average molecular weight is 420 g/mol. The summed E-state index contributed by atoms with van der Waals surface area (Å²) in [6, 6.07) is 12.2. The standard InChI is InChI=1S/C21H13FN4O3S/c22-13-7-5-12(6-8-13)17-18(25-9-10-30-21(25)24-17)23-16(27)11-26-19(28)14-3-1-2-4-15(14)20(26)29/h1-10H,11H2,(H,23,27). The molecule has 0 radical (unpaired) electrons. The highest BCUT2D eigenvalue weighted by atomic mass is 32.1. The molecule has 0 spiro atoms. The van der Waals surface area contributed by atoms with Crippen LogP contribution in [0.4, 0.5) is 10.2 Å². The van der Waals surface area contributed by atoms with Crippen LogP contribution in [0.3, 0.4) is 0 Å². The summed E-state index contributed by atoms with van der Waals surface area (Å²) in [5.74, 6) is -1.53. The Bertz CT molecular complexity index is 1290. The molecule has 1 N–H and O–H groups in total. The zero-order chi connectivity index (χ0) is 20.8. The van der Waals surface area contributed by atoms with E-state index in [-0.39, 0.29) is 16.9 Å². The van der Waals surface area contributed by atoms with E-state index in [0.29, 0.717) is 22.0 Å². The highest BCUT2D eigenvalue weighted by molar-refractivity contribution is 7.15. The third-order valence-corrected chi connectivity index (χ3v) is 5.57. The number of rotatable bonds is 4. The molecule has 1 aliphatic heterocycles. The second-order valence-corrected chi connectivity index (χ2v) is 7.53.